The first-order valence-electron chi connectivity index (χ1n) is 5.73. The van der Waals surface area contributed by atoms with Crippen LogP contribution in [-0.4, -0.2) is 10.2 Å². The van der Waals surface area contributed by atoms with Crippen LogP contribution >= 0.6 is 11.6 Å². The van der Waals surface area contributed by atoms with Crippen LogP contribution in [0.25, 0.3) is 0 Å². The first-order valence-corrected chi connectivity index (χ1v) is 6.17. The third-order valence-corrected chi connectivity index (χ3v) is 2.76. The second kappa shape index (κ2) is 5.40. The molecule has 0 aliphatic carbocycles. The molecule has 0 aliphatic rings. The lowest BCUT2D eigenvalue weighted by Gasteiger charge is -2.09. The summed E-state index contributed by atoms with van der Waals surface area (Å²) in [6.07, 6.45) is 0. The van der Waals surface area contributed by atoms with Gasteiger partial charge in [-0.25, -0.2) is 0 Å². The molecule has 2 rings (SSSR count). The highest BCUT2D eigenvalue weighted by molar-refractivity contribution is 6.20. The fourth-order valence-electron chi connectivity index (χ4n) is 1.65. The zero-order chi connectivity index (χ0) is 13.1. The fourth-order valence-corrected chi connectivity index (χ4v) is 1.73. The fraction of sp³-hybridized carbons (Fsp3) is 0.385. The highest BCUT2D eigenvalue weighted by Gasteiger charge is 2.12. The number of hydrogen-bond donors (Lipinski definition) is 0. The van der Waals surface area contributed by atoms with Gasteiger partial charge in [-0.3, -0.25) is 0 Å². The van der Waals surface area contributed by atoms with Gasteiger partial charge in [0.25, 0.3) is 5.89 Å². The predicted molar refractivity (Wildman–Crippen MR) is 68.8 cm³/mol. The molecule has 18 heavy (non-hydrogen) atoms. The Labute approximate surface area is 111 Å². The molecule has 1 heterocycles. The summed E-state index contributed by atoms with van der Waals surface area (Å²) in [6, 6.07) is 6.00. The van der Waals surface area contributed by atoms with Crippen LogP contribution in [0.15, 0.2) is 22.6 Å². The SMILES string of the molecule is Cc1cccc(C)c1OCc1nnc(C(C)Cl)o1. The lowest BCUT2D eigenvalue weighted by atomic mass is 10.1. The molecule has 0 saturated carbocycles. The minimum atomic E-state index is -0.286. The molecule has 1 aromatic heterocycles. The average molecular weight is 267 g/mol. The van der Waals surface area contributed by atoms with E-state index in [1.807, 2.05) is 32.0 Å². The Kier molecular flexibility index (Phi) is 3.87. The van der Waals surface area contributed by atoms with Crippen LogP contribution in [-0.2, 0) is 6.61 Å². The lowest BCUT2D eigenvalue weighted by Crippen LogP contribution is -1.99. The molecule has 4 nitrogen and oxygen atoms in total. The van der Waals surface area contributed by atoms with Crippen molar-refractivity contribution in [3.8, 4) is 5.75 Å². The van der Waals surface area contributed by atoms with Crippen LogP contribution in [0.3, 0.4) is 0 Å². The second-order valence-electron chi connectivity index (χ2n) is 4.16. The maximum Gasteiger partial charge on any atom is 0.253 e. The van der Waals surface area contributed by atoms with Gasteiger partial charge in [-0.1, -0.05) is 18.2 Å². The van der Waals surface area contributed by atoms with Gasteiger partial charge in [0.05, 0.1) is 0 Å². The molecule has 1 aromatic carbocycles. The molecule has 5 heteroatoms. The summed E-state index contributed by atoms with van der Waals surface area (Å²) < 4.78 is 11.1. The molecule has 1 unspecified atom stereocenters. The summed E-state index contributed by atoms with van der Waals surface area (Å²) in [4.78, 5) is 0. The van der Waals surface area contributed by atoms with Crippen molar-refractivity contribution in [2.75, 3.05) is 0 Å². The smallest absolute Gasteiger partial charge is 0.253 e. The Hall–Kier alpha value is -1.55. The van der Waals surface area contributed by atoms with E-state index in [1.54, 1.807) is 6.92 Å². The van der Waals surface area contributed by atoms with E-state index in [9.17, 15) is 0 Å². The summed E-state index contributed by atoms with van der Waals surface area (Å²) in [7, 11) is 0. The molecule has 0 N–H and O–H groups in total. The van der Waals surface area contributed by atoms with Crippen molar-refractivity contribution < 1.29 is 9.15 Å². The number of ether oxygens (including phenoxy) is 1. The van der Waals surface area contributed by atoms with Gasteiger partial charge in [0, 0.05) is 0 Å². The van der Waals surface area contributed by atoms with Crippen LogP contribution in [0.5, 0.6) is 5.75 Å². The summed E-state index contributed by atoms with van der Waals surface area (Å²) in [5, 5.41) is 7.44. The average Bonchev–Trinajstić information content (AvgIpc) is 2.77. The van der Waals surface area contributed by atoms with Crippen LogP contribution in [0, 0.1) is 13.8 Å². The predicted octanol–water partition coefficient (Wildman–Crippen LogP) is 3.57. The maximum absolute atomic E-state index is 5.85. The summed E-state index contributed by atoms with van der Waals surface area (Å²) in [5.41, 5.74) is 2.17. The number of aromatic nitrogens is 2. The van der Waals surface area contributed by atoms with Crippen molar-refractivity contribution in [1.82, 2.24) is 10.2 Å². The van der Waals surface area contributed by atoms with Crippen molar-refractivity contribution in [3.63, 3.8) is 0 Å². The molecular formula is C13H15ClN2O2. The largest absolute Gasteiger partial charge is 0.483 e. The molecule has 96 valence electrons. The van der Waals surface area contributed by atoms with E-state index >= 15 is 0 Å². The molecule has 2 aromatic rings. The maximum atomic E-state index is 5.85. The summed E-state index contributed by atoms with van der Waals surface area (Å²) in [5.74, 6) is 1.70. The summed E-state index contributed by atoms with van der Waals surface area (Å²) >= 11 is 5.85. The second-order valence-corrected chi connectivity index (χ2v) is 4.81. The summed E-state index contributed by atoms with van der Waals surface area (Å²) in [6.45, 7) is 6.04. The lowest BCUT2D eigenvalue weighted by molar-refractivity contribution is 0.256. The van der Waals surface area contributed by atoms with Crippen molar-refractivity contribution in [3.05, 3.63) is 41.1 Å². The quantitative estimate of drug-likeness (QED) is 0.794. The van der Waals surface area contributed by atoms with E-state index in [-0.39, 0.29) is 12.0 Å². The van der Waals surface area contributed by atoms with Crippen molar-refractivity contribution in [2.45, 2.75) is 32.8 Å². The number of alkyl halides is 1. The van der Waals surface area contributed by atoms with Gasteiger partial charge < -0.3 is 9.15 Å². The Bertz CT molecular complexity index is 517. The van der Waals surface area contributed by atoms with Gasteiger partial charge in [-0.05, 0) is 31.9 Å². The third-order valence-electron chi connectivity index (χ3n) is 2.57. The van der Waals surface area contributed by atoms with Crippen LogP contribution in [0.4, 0.5) is 0 Å². The minimum Gasteiger partial charge on any atom is -0.483 e. The van der Waals surface area contributed by atoms with Crippen molar-refractivity contribution in [2.24, 2.45) is 0 Å². The number of rotatable bonds is 4. The number of nitrogens with zero attached hydrogens (tertiary/aromatic N) is 2. The Morgan fingerprint density at radius 1 is 1.28 bits per heavy atom. The number of benzene rings is 1. The van der Waals surface area contributed by atoms with E-state index in [0.717, 1.165) is 16.9 Å². The van der Waals surface area contributed by atoms with Gasteiger partial charge in [-0.2, -0.15) is 0 Å². The van der Waals surface area contributed by atoms with Gasteiger partial charge in [0.15, 0.2) is 6.61 Å². The van der Waals surface area contributed by atoms with E-state index in [4.69, 9.17) is 20.8 Å². The first kappa shape index (κ1) is 12.9. The van der Waals surface area contributed by atoms with E-state index in [2.05, 4.69) is 10.2 Å². The van der Waals surface area contributed by atoms with Gasteiger partial charge in [0.2, 0.25) is 5.89 Å². The first-order chi connectivity index (χ1) is 8.58. The zero-order valence-electron chi connectivity index (χ0n) is 10.6. The van der Waals surface area contributed by atoms with Gasteiger partial charge in [-0.15, -0.1) is 21.8 Å². The van der Waals surface area contributed by atoms with Crippen molar-refractivity contribution in [1.29, 1.82) is 0 Å². The van der Waals surface area contributed by atoms with Gasteiger partial charge >= 0.3 is 0 Å². The third kappa shape index (κ3) is 2.82. The highest BCUT2D eigenvalue weighted by Crippen LogP contribution is 2.24. The molecule has 1 atom stereocenters. The van der Waals surface area contributed by atoms with E-state index in [1.165, 1.54) is 0 Å². The molecular weight excluding hydrogens is 252 g/mol. The Morgan fingerprint density at radius 2 is 1.94 bits per heavy atom. The molecule has 0 fully saturated rings. The number of hydrogen-bond acceptors (Lipinski definition) is 4. The van der Waals surface area contributed by atoms with Crippen molar-refractivity contribution >= 4 is 11.6 Å². The molecule has 0 bridgehead atoms. The Balaban J connectivity index is 2.07. The zero-order valence-corrected chi connectivity index (χ0v) is 11.4. The molecule has 0 aliphatic heterocycles. The normalized spacial score (nSPS) is 12.4. The topological polar surface area (TPSA) is 48.2 Å². The monoisotopic (exact) mass is 266 g/mol. The van der Waals surface area contributed by atoms with Crippen LogP contribution in [0.1, 0.15) is 35.2 Å². The van der Waals surface area contributed by atoms with Crippen LogP contribution in [0.2, 0.25) is 0 Å². The van der Waals surface area contributed by atoms with Gasteiger partial charge in [0.1, 0.15) is 11.1 Å². The highest BCUT2D eigenvalue weighted by atomic mass is 35.5. The number of aryl methyl sites for hydroxylation is 2. The molecule has 0 amide bonds. The molecule has 0 radical (unpaired) electrons. The molecule has 0 saturated heterocycles. The van der Waals surface area contributed by atoms with E-state index in [0.29, 0.717) is 11.8 Å². The molecule has 0 spiro atoms. The van der Waals surface area contributed by atoms with E-state index < -0.39 is 0 Å². The Morgan fingerprint density at radius 3 is 2.50 bits per heavy atom. The van der Waals surface area contributed by atoms with Crippen LogP contribution < -0.4 is 4.74 Å². The number of halogens is 1. The standard InChI is InChI=1S/C13H15ClN2O2/c1-8-5-4-6-9(2)12(8)17-7-11-15-16-13(18-11)10(3)14/h4-6,10H,7H2,1-3H3. The number of para-hydroxylation sites is 1. The minimum absolute atomic E-state index is 0.252.